The first-order chi connectivity index (χ1) is 16.6. The Bertz CT molecular complexity index is 1890. The molecule has 4 aromatic heterocycles. The standard InChI is InChI=1S/C30H23N3O/c1-17(2)19-8-6-9-20-18(3)16-33-25-14-13-22-21-10-7-11-23(24-12-4-5-15-31-24)28(21)34-29(22)27(25)32-30(33)26(19)20/h4-17H,1-3H3. The monoisotopic (exact) mass is 441 g/mol. The molecule has 4 heteroatoms. The van der Waals surface area contributed by atoms with Crippen molar-refractivity contribution in [3.05, 3.63) is 90.3 Å². The van der Waals surface area contributed by atoms with E-state index in [0.717, 1.165) is 49.9 Å². The summed E-state index contributed by atoms with van der Waals surface area (Å²) in [6, 6.07) is 23.1. The molecule has 0 radical (unpaired) electrons. The topological polar surface area (TPSA) is 43.3 Å². The van der Waals surface area contributed by atoms with Crippen molar-refractivity contribution in [2.24, 2.45) is 0 Å². The number of furan rings is 1. The summed E-state index contributed by atoms with van der Waals surface area (Å²) >= 11 is 0. The van der Waals surface area contributed by atoms with Gasteiger partial charge in [-0.15, -0.1) is 0 Å². The van der Waals surface area contributed by atoms with E-state index in [4.69, 9.17) is 9.40 Å². The van der Waals surface area contributed by atoms with Gasteiger partial charge in [0.25, 0.3) is 0 Å². The van der Waals surface area contributed by atoms with Gasteiger partial charge in [0.1, 0.15) is 16.7 Å². The lowest BCUT2D eigenvalue weighted by Gasteiger charge is -2.13. The number of aryl methyl sites for hydroxylation is 1. The van der Waals surface area contributed by atoms with Crippen molar-refractivity contribution in [2.45, 2.75) is 26.7 Å². The van der Waals surface area contributed by atoms with Gasteiger partial charge in [0.2, 0.25) is 0 Å². The van der Waals surface area contributed by atoms with Gasteiger partial charge in [-0.05, 0) is 59.7 Å². The fourth-order valence-electron chi connectivity index (χ4n) is 5.34. The van der Waals surface area contributed by atoms with E-state index in [1.54, 1.807) is 0 Å². The van der Waals surface area contributed by atoms with Gasteiger partial charge in [-0.1, -0.05) is 50.2 Å². The van der Waals surface area contributed by atoms with Crippen LogP contribution < -0.4 is 0 Å². The highest BCUT2D eigenvalue weighted by Gasteiger charge is 2.20. The van der Waals surface area contributed by atoms with Gasteiger partial charge in [0.05, 0.1) is 11.2 Å². The molecule has 0 unspecified atom stereocenters. The Morgan fingerprint density at radius 1 is 0.824 bits per heavy atom. The molecule has 0 bridgehead atoms. The highest BCUT2D eigenvalue weighted by Crippen LogP contribution is 2.39. The maximum Gasteiger partial charge on any atom is 0.163 e. The quantitative estimate of drug-likeness (QED) is 0.273. The highest BCUT2D eigenvalue weighted by molar-refractivity contribution is 6.17. The summed E-state index contributed by atoms with van der Waals surface area (Å²) in [6.45, 7) is 6.66. The van der Waals surface area contributed by atoms with Crippen LogP contribution in [0.15, 0.2) is 83.5 Å². The van der Waals surface area contributed by atoms with E-state index in [0.29, 0.717) is 5.92 Å². The Kier molecular flexibility index (Phi) is 3.92. The highest BCUT2D eigenvalue weighted by atomic mass is 16.3. The third-order valence-corrected chi connectivity index (χ3v) is 6.96. The number of nitrogens with zero attached hydrogens (tertiary/aromatic N) is 3. The summed E-state index contributed by atoms with van der Waals surface area (Å²) < 4.78 is 8.81. The van der Waals surface area contributed by atoms with E-state index in [1.165, 1.54) is 21.9 Å². The zero-order chi connectivity index (χ0) is 23.0. The van der Waals surface area contributed by atoms with Crippen LogP contribution in [0.1, 0.15) is 30.9 Å². The van der Waals surface area contributed by atoms with Crippen LogP contribution in [0.5, 0.6) is 0 Å². The van der Waals surface area contributed by atoms with Crippen LogP contribution in [0, 0.1) is 6.92 Å². The summed E-state index contributed by atoms with van der Waals surface area (Å²) in [4.78, 5) is 9.76. The van der Waals surface area contributed by atoms with Crippen LogP contribution in [0.4, 0.5) is 0 Å². The van der Waals surface area contributed by atoms with Gasteiger partial charge >= 0.3 is 0 Å². The minimum atomic E-state index is 0.404. The largest absolute Gasteiger partial charge is 0.453 e. The second kappa shape index (κ2) is 6.91. The average Bonchev–Trinajstić information content (AvgIpc) is 3.43. The molecule has 7 aromatic rings. The lowest BCUT2D eigenvalue weighted by molar-refractivity contribution is 0.673. The number of hydrogen-bond donors (Lipinski definition) is 0. The minimum absolute atomic E-state index is 0.404. The van der Waals surface area contributed by atoms with E-state index in [1.807, 2.05) is 24.4 Å². The number of pyridine rings is 2. The Balaban J connectivity index is 1.64. The first-order valence-corrected chi connectivity index (χ1v) is 11.7. The number of para-hydroxylation sites is 1. The van der Waals surface area contributed by atoms with Crippen molar-refractivity contribution in [1.29, 1.82) is 0 Å². The molecular formula is C30H23N3O. The predicted molar refractivity (Wildman–Crippen MR) is 140 cm³/mol. The number of imidazole rings is 1. The van der Waals surface area contributed by atoms with E-state index in [-0.39, 0.29) is 0 Å². The van der Waals surface area contributed by atoms with E-state index < -0.39 is 0 Å². The maximum atomic E-state index is 6.58. The van der Waals surface area contributed by atoms with Crippen LogP contribution in [-0.4, -0.2) is 14.4 Å². The summed E-state index contributed by atoms with van der Waals surface area (Å²) in [7, 11) is 0. The molecule has 7 rings (SSSR count). The van der Waals surface area contributed by atoms with Gasteiger partial charge in [-0.2, -0.15) is 0 Å². The third kappa shape index (κ3) is 2.54. The van der Waals surface area contributed by atoms with Crippen molar-refractivity contribution >= 4 is 49.4 Å². The van der Waals surface area contributed by atoms with E-state index in [2.05, 4.69) is 84.9 Å². The first-order valence-electron chi connectivity index (χ1n) is 11.7. The zero-order valence-electron chi connectivity index (χ0n) is 19.3. The van der Waals surface area contributed by atoms with E-state index >= 15 is 0 Å². The molecular weight excluding hydrogens is 418 g/mol. The molecule has 4 nitrogen and oxygen atoms in total. The molecule has 0 aliphatic heterocycles. The molecule has 0 spiro atoms. The number of rotatable bonds is 2. The molecule has 3 aromatic carbocycles. The van der Waals surface area contributed by atoms with E-state index in [9.17, 15) is 0 Å². The molecule has 164 valence electrons. The Morgan fingerprint density at radius 2 is 1.65 bits per heavy atom. The summed E-state index contributed by atoms with van der Waals surface area (Å²) in [5, 5.41) is 4.65. The third-order valence-electron chi connectivity index (χ3n) is 6.96. The van der Waals surface area contributed by atoms with Gasteiger partial charge in [0, 0.05) is 34.1 Å². The molecule has 0 atom stereocenters. The Labute approximate surface area is 196 Å². The molecule has 34 heavy (non-hydrogen) atoms. The second-order valence-corrected chi connectivity index (χ2v) is 9.35. The number of fused-ring (bicyclic) bond motifs is 9. The first kappa shape index (κ1) is 19.3. The summed E-state index contributed by atoms with van der Waals surface area (Å²) in [6.07, 6.45) is 4.02. The van der Waals surface area contributed by atoms with Crippen LogP contribution >= 0.6 is 0 Å². The molecule has 0 saturated carbocycles. The molecule has 4 heterocycles. The second-order valence-electron chi connectivity index (χ2n) is 9.35. The van der Waals surface area contributed by atoms with Gasteiger partial charge in [-0.25, -0.2) is 4.98 Å². The number of hydrogen-bond acceptors (Lipinski definition) is 3. The van der Waals surface area contributed by atoms with Crippen molar-refractivity contribution in [1.82, 2.24) is 14.4 Å². The lowest BCUT2D eigenvalue weighted by Crippen LogP contribution is -1.95. The average molecular weight is 442 g/mol. The fourth-order valence-corrected chi connectivity index (χ4v) is 5.34. The SMILES string of the molecule is Cc1cn2c3ccc4c5cccc(-c6ccccn6)c5oc4c3nc2c2c(C(C)C)cccc12. The minimum Gasteiger partial charge on any atom is -0.453 e. The van der Waals surface area contributed by atoms with Crippen LogP contribution in [0.25, 0.3) is 60.6 Å². The van der Waals surface area contributed by atoms with Crippen LogP contribution in [-0.2, 0) is 0 Å². The predicted octanol–water partition coefficient (Wildman–Crippen LogP) is 8.03. The molecule has 0 amide bonds. The Hall–Kier alpha value is -4.18. The molecule has 0 aliphatic rings. The van der Waals surface area contributed by atoms with Crippen molar-refractivity contribution < 1.29 is 4.42 Å². The molecule has 0 aliphatic carbocycles. The summed E-state index contributed by atoms with van der Waals surface area (Å²) in [5.74, 6) is 0.404. The fraction of sp³-hybridized carbons (Fsp3) is 0.133. The number of aromatic nitrogens is 3. The normalized spacial score (nSPS) is 12.2. The lowest BCUT2D eigenvalue weighted by atomic mass is 9.95. The zero-order valence-corrected chi connectivity index (χ0v) is 19.3. The van der Waals surface area contributed by atoms with Gasteiger partial charge in [0.15, 0.2) is 5.58 Å². The smallest absolute Gasteiger partial charge is 0.163 e. The molecule has 0 fully saturated rings. The molecule has 0 N–H and O–H groups in total. The maximum absolute atomic E-state index is 6.58. The van der Waals surface area contributed by atoms with Gasteiger partial charge in [-0.3, -0.25) is 9.38 Å². The Morgan fingerprint density at radius 3 is 2.47 bits per heavy atom. The van der Waals surface area contributed by atoms with Gasteiger partial charge < -0.3 is 4.42 Å². The summed E-state index contributed by atoms with van der Waals surface area (Å²) in [5.41, 5.74) is 9.08. The van der Waals surface area contributed by atoms with Crippen molar-refractivity contribution in [3.8, 4) is 11.3 Å². The van der Waals surface area contributed by atoms with Crippen LogP contribution in [0.3, 0.4) is 0 Å². The molecule has 0 saturated heterocycles. The number of benzene rings is 3. The van der Waals surface area contributed by atoms with Crippen LogP contribution in [0.2, 0.25) is 0 Å². The van der Waals surface area contributed by atoms with Crippen molar-refractivity contribution in [3.63, 3.8) is 0 Å². The van der Waals surface area contributed by atoms with Crippen molar-refractivity contribution in [2.75, 3.05) is 0 Å².